The van der Waals surface area contributed by atoms with Gasteiger partial charge in [-0.3, -0.25) is 48.6 Å². The second-order valence-electron chi connectivity index (χ2n) is 17.9. The van der Waals surface area contributed by atoms with E-state index in [1.807, 2.05) is 49.9 Å². The first-order valence-electron chi connectivity index (χ1n) is 23.7. The summed E-state index contributed by atoms with van der Waals surface area (Å²) in [6.07, 6.45) is 5.84. The van der Waals surface area contributed by atoms with Gasteiger partial charge in [0.2, 0.25) is 47.3 Å². The number of aromatic amines is 1. The van der Waals surface area contributed by atoms with Gasteiger partial charge in [0, 0.05) is 66.4 Å². The number of benzene rings is 1. The van der Waals surface area contributed by atoms with Crippen LogP contribution in [-0.2, 0) is 44.8 Å². The summed E-state index contributed by atoms with van der Waals surface area (Å²) in [5.41, 5.74) is 19.5. The van der Waals surface area contributed by atoms with E-state index < -0.39 is 78.5 Å². The Labute approximate surface area is 410 Å². The fourth-order valence-corrected chi connectivity index (χ4v) is 9.86. The van der Waals surface area contributed by atoms with Gasteiger partial charge in [-0.15, -0.1) is 0 Å². The van der Waals surface area contributed by atoms with Gasteiger partial charge < -0.3 is 64.7 Å². The number of carbonyl (C=O) groups is 9. The number of thioether (sulfide) groups is 1. The number of H-pyrrole nitrogens is 1. The number of guanidine groups is 1. The van der Waals surface area contributed by atoms with Crippen LogP contribution >= 0.6 is 11.8 Å². The van der Waals surface area contributed by atoms with Crippen molar-refractivity contribution in [1.29, 1.82) is 0 Å². The van der Waals surface area contributed by atoms with Crippen LogP contribution in [0.2, 0.25) is 0 Å². The number of fused-ring (bicyclic) bond motifs is 2. The lowest BCUT2D eigenvalue weighted by Crippen LogP contribution is -2.56. The predicted octanol–water partition coefficient (Wildman–Crippen LogP) is -1.49. The minimum absolute atomic E-state index is 0.00212. The lowest BCUT2D eigenvalue weighted by molar-refractivity contribution is -0.137. The number of amides is 10. The van der Waals surface area contributed by atoms with Crippen LogP contribution in [0.25, 0.3) is 10.9 Å². The maximum Gasteiger partial charge on any atom is 0.315 e. The van der Waals surface area contributed by atoms with Crippen LogP contribution in [0, 0.1) is 11.8 Å². The molecule has 1 aromatic heterocycles. The average molecular weight is 999 g/mol. The number of aliphatic imine (C=N–C) groups is 1. The normalized spacial score (nSPS) is 17.7. The third-order valence-corrected chi connectivity index (χ3v) is 13.4. The van der Waals surface area contributed by atoms with Gasteiger partial charge in [0.25, 0.3) is 0 Å². The van der Waals surface area contributed by atoms with E-state index >= 15 is 0 Å². The number of nitrogens with two attached hydrogens (primary N) is 3. The summed E-state index contributed by atoms with van der Waals surface area (Å²) in [7, 11) is 0. The third kappa shape index (κ3) is 19.0. The highest BCUT2D eigenvalue weighted by Crippen LogP contribution is 2.33. The number of hydrogen-bond donors (Lipinski definition) is 14. The Morgan fingerprint density at radius 2 is 1.51 bits per heavy atom. The first-order valence-corrected chi connectivity index (χ1v) is 24.7. The fourth-order valence-electron chi connectivity index (χ4n) is 8.31. The van der Waals surface area contributed by atoms with Crippen molar-refractivity contribution in [3.8, 4) is 0 Å². The molecule has 0 bridgehead atoms. The van der Waals surface area contributed by atoms with E-state index in [2.05, 4.69) is 52.5 Å². The molecule has 17 N–H and O–H groups in total. The van der Waals surface area contributed by atoms with E-state index in [-0.39, 0.29) is 81.0 Å². The zero-order chi connectivity index (χ0) is 51.2. The van der Waals surface area contributed by atoms with Gasteiger partial charge in [-0.1, -0.05) is 38.5 Å². The number of nitrogens with zero attached hydrogens (tertiary/aromatic N) is 1. The molecule has 2 aromatic rings. The molecule has 2 aliphatic heterocycles. The second kappa shape index (κ2) is 28.8. The molecule has 0 aliphatic carbocycles. The lowest BCUT2D eigenvalue weighted by atomic mass is 9.92. The Hall–Kier alpha value is -6.63. The van der Waals surface area contributed by atoms with Crippen molar-refractivity contribution in [2.45, 2.75) is 126 Å². The predicted molar refractivity (Wildman–Crippen MR) is 261 cm³/mol. The molecule has 4 rings (SSSR count). The molecule has 2 saturated heterocycles. The first-order chi connectivity index (χ1) is 33.4. The summed E-state index contributed by atoms with van der Waals surface area (Å²) in [6, 6.07) is 3.95. The standard InChI is InChI=1S/C45H70N14O10S/c1-25(2)18-26(20-36(61)59-69)41(65)56-32(19-27-21-51-29-11-4-3-10-28(27)29)43(67)55-31(13-9-17-50-44(47)48)42(66)53-22-37(62)52-23-38(63)54-30(40(46)64)12-7-8-16-49-35(60)15-6-5-14-34-39-33(24-70-34)57-45(68)58-39/h3-4,10-11,21,25-26,30-34,39,51,69H,5-9,12-20,22-24H2,1-2H3,(H2,46,64)(H,49,60)(H,52,62)(H,53,66)(H,54,63)(H,55,67)(H,56,65)(H,59,61)(H4,47,48,50)(H2,57,58,68)/t26?,30-,31-,32-,33-,34-,39-/m0/s1. The summed E-state index contributed by atoms with van der Waals surface area (Å²) in [5.74, 6) is -5.49. The van der Waals surface area contributed by atoms with Gasteiger partial charge in [0.15, 0.2) is 5.96 Å². The number of hydrogen-bond acceptors (Lipinski definition) is 12. The van der Waals surface area contributed by atoms with Gasteiger partial charge >= 0.3 is 6.03 Å². The Balaban J connectivity index is 1.25. The highest BCUT2D eigenvalue weighted by molar-refractivity contribution is 8.00. The van der Waals surface area contributed by atoms with Crippen molar-refractivity contribution < 1.29 is 48.4 Å². The molecule has 386 valence electrons. The summed E-state index contributed by atoms with van der Waals surface area (Å²) >= 11 is 1.83. The molecule has 1 aromatic carbocycles. The molecule has 1 unspecified atom stereocenters. The van der Waals surface area contributed by atoms with Crippen LogP contribution in [0.3, 0.4) is 0 Å². The number of hydroxylamine groups is 1. The number of para-hydroxylation sites is 1. The molecule has 2 aliphatic rings. The minimum atomic E-state index is -1.26. The molecular weight excluding hydrogens is 929 g/mol. The Kier molecular flexibility index (Phi) is 23.0. The Bertz CT molecular complexity index is 2170. The smallest absolute Gasteiger partial charge is 0.315 e. The zero-order valence-corrected chi connectivity index (χ0v) is 40.6. The van der Waals surface area contributed by atoms with Crippen LogP contribution in [0.5, 0.6) is 0 Å². The van der Waals surface area contributed by atoms with Crippen LogP contribution < -0.4 is 65.2 Å². The molecule has 0 saturated carbocycles. The van der Waals surface area contributed by atoms with Gasteiger partial charge in [-0.05, 0) is 68.9 Å². The number of carbonyl (C=O) groups excluding carboxylic acids is 9. The van der Waals surface area contributed by atoms with Gasteiger partial charge in [0.05, 0.1) is 25.2 Å². The SMILES string of the molecule is CC(C)CC(CC(=O)NO)C(=O)N[C@@H](Cc1c[nH]c2ccccc12)C(=O)N[C@@H](CCCN=C(N)N)C(=O)NCC(=O)NCC(=O)N[C@@H](CCCCNC(=O)CCCC[C@@H]1SC[C@@H]2NC(=O)N[C@@H]21)C(N)=O. The summed E-state index contributed by atoms with van der Waals surface area (Å²) in [5, 5.41) is 31.8. The molecule has 10 amide bonds. The number of aromatic nitrogens is 1. The number of primary amides is 1. The molecule has 2 fully saturated rings. The second-order valence-corrected chi connectivity index (χ2v) is 19.2. The first kappa shape index (κ1) is 56.0. The van der Waals surface area contributed by atoms with Crippen molar-refractivity contribution >= 4 is 81.9 Å². The van der Waals surface area contributed by atoms with Gasteiger partial charge in [-0.2, -0.15) is 11.8 Å². The van der Waals surface area contributed by atoms with E-state index in [9.17, 15) is 43.2 Å². The highest BCUT2D eigenvalue weighted by Gasteiger charge is 2.42. The largest absolute Gasteiger partial charge is 0.370 e. The molecule has 3 heterocycles. The fraction of sp³-hybridized carbons (Fsp3) is 0.600. The van der Waals surface area contributed by atoms with E-state index in [1.54, 1.807) is 11.7 Å². The summed E-state index contributed by atoms with van der Waals surface area (Å²) < 4.78 is 0. The number of rotatable bonds is 31. The Morgan fingerprint density at radius 3 is 2.24 bits per heavy atom. The molecule has 0 radical (unpaired) electrons. The van der Waals surface area contributed by atoms with E-state index in [4.69, 9.17) is 22.4 Å². The van der Waals surface area contributed by atoms with Crippen molar-refractivity contribution in [3.05, 3.63) is 36.0 Å². The van der Waals surface area contributed by atoms with Crippen molar-refractivity contribution in [3.63, 3.8) is 0 Å². The molecule has 7 atom stereocenters. The number of urea groups is 1. The molecule has 70 heavy (non-hydrogen) atoms. The van der Waals surface area contributed by atoms with Crippen LogP contribution in [0.15, 0.2) is 35.5 Å². The van der Waals surface area contributed by atoms with Crippen molar-refractivity contribution in [2.24, 2.45) is 34.0 Å². The average Bonchev–Trinajstić information content (AvgIpc) is 4.02. The topological polar surface area (TPSA) is 388 Å². The third-order valence-electron chi connectivity index (χ3n) is 11.9. The van der Waals surface area contributed by atoms with E-state index in [1.165, 1.54) is 0 Å². The van der Waals surface area contributed by atoms with E-state index in [0.717, 1.165) is 35.9 Å². The summed E-state index contributed by atoms with van der Waals surface area (Å²) in [4.78, 5) is 122. The van der Waals surface area contributed by atoms with Crippen LogP contribution in [-0.4, -0.2) is 137 Å². The number of unbranched alkanes of at least 4 members (excludes halogenated alkanes) is 2. The number of nitrogens with one attached hydrogen (secondary N) is 10. The van der Waals surface area contributed by atoms with E-state index in [0.29, 0.717) is 36.6 Å². The summed E-state index contributed by atoms with van der Waals surface area (Å²) in [6.45, 7) is 3.03. The maximum atomic E-state index is 14.1. The quantitative estimate of drug-likeness (QED) is 0.0102. The minimum Gasteiger partial charge on any atom is -0.370 e. The zero-order valence-electron chi connectivity index (χ0n) is 39.7. The molecular formula is C45H70N14O10S. The molecule has 0 spiro atoms. The van der Waals surface area contributed by atoms with Gasteiger partial charge in [-0.25, -0.2) is 10.3 Å². The molecule has 24 nitrogen and oxygen atoms in total. The Morgan fingerprint density at radius 1 is 0.786 bits per heavy atom. The highest BCUT2D eigenvalue weighted by atomic mass is 32.2. The van der Waals surface area contributed by atoms with Crippen molar-refractivity contribution in [1.82, 2.24) is 53.0 Å². The molecule has 25 heteroatoms. The van der Waals surface area contributed by atoms with Crippen LogP contribution in [0.1, 0.15) is 90.0 Å². The lowest BCUT2D eigenvalue weighted by Gasteiger charge is -2.25. The van der Waals surface area contributed by atoms with Gasteiger partial charge in [0.1, 0.15) is 18.1 Å². The van der Waals surface area contributed by atoms with Crippen LogP contribution in [0.4, 0.5) is 4.79 Å². The van der Waals surface area contributed by atoms with Crippen molar-refractivity contribution in [2.75, 3.05) is 31.9 Å². The maximum absolute atomic E-state index is 14.1. The monoisotopic (exact) mass is 999 g/mol.